The van der Waals surface area contributed by atoms with E-state index < -0.39 is 6.16 Å². The Kier molecular flexibility index (Phi) is 20.2. The Hall–Kier alpha value is -0.0297. The van der Waals surface area contributed by atoms with Gasteiger partial charge in [0, 0.05) is 22.4 Å². The maximum atomic E-state index is 8.33. The van der Waals surface area contributed by atoms with E-state index >= 15 is 0 Å². The summed E-state index contributed by atoms with van der Waals surface area (Å²) >= 11 is 0. The maximum absolute atomic E-state index is 8.33. The number of hydrogen-bond acceptors (Lipinski definition) is 4. The molecule has 0 saturated heterocycles. The Bertz CT molecular complexity index is 87.1. The van der Waals surface area contributed by atoms with E-state index in [1.165, 1.54) is 19.6 Å². The third-order valence-corrected chi connectivity index (χ3v) is 1.34. The molecule has 12 heavy (non-hydrogen) atoms. The first kappa shape index (κ1) is 17.9. The van der Waals surface area contributed by atoms with Crippen molar-refractivity contribution >= 4 is 6.16 Å². The van der Waals surface area contributed by atoms with Crippen LogP contribution in [0.3, 0.4) is 0 Å². The molecule has 0 bridgehead atoms. The molecule has 0 rings (SSSR count). The fourth-order valence-electron chi connectivity index (χ4n) is 0.671. The normalized spacial score (nSPS) is 8.00. The van der Waals surface area contributed by atoms with Crippen LogP contribution >= 0.6 is 0 Å². The van der Waals surface area contributed by atoms with Crippen molar-refractivity contribution < 1.29 is 37.4 Å². The van der Waals surface area contributed by atoms with Gasteiger partial charge in [0.1, 0.15) is 0 Å². The first-order valence-electron chi connectivity index (χ1n) is 3.68. The molecule has 0 unspecified atom stereocenters. The van der Waals surface area contributed by atoms with Gasteiger partial charge in [0.2, 0.25) is 0 Å². The fraction of sp³-hybridized carbons (Fsp3) is 0.857. The van der Waals surface area contributed by atoms with Crippen molar-refractivity contribution in [2.24, 2.45) is 0 Å². The standard InChI is InChI=1S/C6H15N.CH2O3.Ag/c1-4-7(5-2)6-3;2-1(3)4;/h4-6H2,1-3H3;(H2,2,3,4);/p-2. The second kappa shape index (κ2) is 13.6. The molecule has 0 aromatic rings. The summed E-state index contributed by atoms with van der Waals surface area (Å²) in [5.41, 5.74) is 0. The van der Waals surface area contributed by atoms with Gasteiger partial charge >= 0.3 is 0 Å². The molecule has 0 spiro atoms. The molecule has 0 aliphatic carbocycles. The predicted molar refractivity (Wildman–Crippen MR) is 38.9 cm³/mol. The Morgan fingerprint density at radius 2 is 1.25 bits per heavy atom. The van der Waals surface area contributed by atoms with Gasteiger partial charge in [-0.25, -0.2) is 0 Å². The molecule has 4 nitrogen and oxygen atoms in total. The average molecular weight is 269 g/mol. The summed E-state index contributed by atoms with van der Waals surface area (Å²) < 4.78 is 0. The molecular weight excluding hydrogens is 254 g/mol. The Morgan fingerprint density at radius 3 is 1.25 bits per heavy atom. The summed E-state index contributed by atoms with van der Waals surface area (Å²) in [6, 6.07) is 0. The number of carbonyl (C=O) groups is 1. The molecule has 0 heterocycles. The first-order valence-corrected chi connectivity index (χ1v) is 3.68. The van der Waals surface area contributed by atoms with Crippen molar-refractivity contribution in [2.75, 3.05) is 19.6 Å². The topological polar surface area (TPSA) is 66.4 Å². The summed E-state index contributed by atoms with van der Waals surface area (Å²) in [7, 11) is 0. The van der Waals surface area contributed by atoms with Crippen molar-refractivity contribution in [3.8, 4) is 0 Å². The van der Waals surface area contributed by atoms with Crippen LogP contribution < -0.4 is 10.2 Å². The van der Waals surface area contributed by atoms with Crippen molar-refractivity contribution in [2.45, 2.75) is 20.8 Å². The average Bonchev–Trinajstić information content (AvgIpc) is 1.90. The molecule has 0 amide bonds. The van der Waals surface area contributed by atoms with Crippen LogP contribution in [-0.4, -0.2) is 30.7 Å². The van der Waals surface area contributed by atoms with Gasteiger partial charge < -0.3 is 19.9 Å². The van der Waals surface area contributed by atoms with Gasteiger partial charge in [-0.2, -0.15) is 0 Å². The Labute approximate surface area is 89.1 Å². The smallest absolute Gasteiger partial charge is 0 e. The van der Waals surface area contributed by atoms with E-state index in [4.69, 9.17) is 15.0 Å². The molecule has 0 aromatic heterocycles. The van der Waals surface area contributed by atoms with Crippen LogP contribution in [0.1, 0.15) is 20.8 Å². The van der Waals surface area contributed by atoms with E-state index in [1.807, 2.05) is 0 Å². The number of hydrogen-bond donors (Lipinski definition) is 0. The molecule has 0 atom stereocenters. The van der Waals surface area contributed by atoms with Crippen LogP contribution in [0.15, 0.2) is 0 Å². The molecule has 5 heteroatoms. The minimum Gasteiger partial charge on any atom is -0.652 e. The second-order valence-corrected chi connectivity index (χ2v) is 1.87. The minimum absolute atomic E-state index is 0. The molecule has 0 aliphatic heterocycles. The molecule has 0 fully saturated rings. The van der Waals surface area contributed by atoms with E-state index in [-0.39, 0.29) is 22.4 Å². The van der Waals surface area contributed by atoms with Crippen molar-refractivity contribution in [3.05, 3.63) is 0 Å². The number of carbonyl (C=O) groups excluding carboxylic acids is 1. The zero-order chi connectivity index (χ0) is 9.28. The predicted octanol–water partition coefficient (Wildman–Crippen LogP) is -1.10. The summed E-state index contributed by atoms with van der Waals surface area (Å²) in [6.45, 7) is 10.1. The number of carboxylic acid groups (broad SMARTS) is 2. The quantitative estimate of drug-likeness (QED) is 0.610. The molecule has 0 N–H and O–H groups in total. The number of rotatable bonds is 3. The van der Waals surface area contributed by atoms with Crippen LogP contribution in [0.25, 0.3) is 0 Å². The largest absolute Gasteiger partial charge is 0.652 e. The molecule has 79 valence electrons. The zero-order valence-electron chi connectivity index (χ0n) is 7.59. The van der Waals surface area contributed by atoms with E-state index in [0.717, 1.165) is 0 Å². The summed E-state index contributed by atoms with van der Waals surface area (Å²) in [6.07, 6.45) is -2.33. The molecule has 0 saturated carbocycles. The Morgan fingerprint density at radius 1 is 1.08 bits per heavy atom. The monoisotopic (exact) mass is 268 g/mol. The molecule has 0 aliphatic rings. The van der Waals surface area contributed by atoms with Crippen LogP contribution in [-0.2, 0) is 22.4 Å². The van der Waals surface area contributed by atoms with Crippen LogP contribution in [0.2, 0.25) is 0 Å². The van der Waals surface area contributed by atoms with E-state index in [0.29, 0.717) is 0 Å². The van der Waals surface area contributed by atoms with Gasteiger partial charge in [-0.3, -0.25) is 0 Å². The van der Waals surface area contributed by atoms with E-state index in [1.54, 1.807) is 0 Å². The molecular formula is C7H15AgNO3-2. The van der Waals surface area contributed by atoms with Gasteiger partial charge in [-0.05, 0) is 25.8 Å². The van der Waals surface area contributed by atoms with Gasteiger partial charge in [0.05, 0.1) is 0 Å². The van der Waals surface area contributed by atoms with Gasteiger partial charge in [0.25, 0.3) is 0 Å². The van der Waals surface area contributed by atoms with Crippen LogP contribution in [0.5, 0.6) is 0 Å². The second-order valence-electron chi connectivity index (χ2n) is 1.87. The van der Waals surface area contributed by atoms with Crippen LogP contribution in [0, 0.1) is 0 Å². The molecule has 0 aromatic carbocycles. The van der Waals surface area contributed by atoms with Gasteiger partial charge in [-0.15, -0.1) is 0 Å². The van der Waals surface area contributed by atoms with Gasteiger partial charge in [0.15, 0.2) is 0 Å². The van der Waals surface area contributed by atoms with Crippen molar-refractivity contribution in [1.29, 1.82) is 0 Å². The van der Waals surface area contributed by atoms with Crippen LogP contribution in [0.4, 0.5) is 4.79 Å². The molecule has 1 radical (unpaired) electrons. The maximum Gasteiger partial charge on any atom is 0 e. The third-order valence-electron chi connectivity index (χ3n) is 1.34. The summed E-state index contributed by atoms with van der Waals surface area (Å²) in [5.74, 6) is 0. The van der Waals surface area contributed by atoms with E-state index in [2.05, 4.69) is 25.7 Å². The summed E-state index contributed by atoms with van der Waals surface area (Å²) in [4.78, 5) is 10.7. The minimum atomic E-state index is -2.33. The Balaban J connectivity index is -0.000000142. The SMILES string of the molecule is CCN(CC)CC.O=C([O-])[O-].[Ag]. The van der Waals surface area contributed by atoms with E-state index in [9.17, 15) is 0 Å². The number of nitrogens with zero attached hydrogens (tertiary/aromatic N) is 1. The third kappa shape index (κ3) is 22.5. The first-order chi connectivity index (χ1) is 5.08. The zero-order valence-corrected chi connectivity index (χ0v) is 9.08. The van der Waals surface area contributed by atoms with Crippen molar-refractivity contribution in [1.82, 2.24) is 4.90 Å². The fourth-order valence-corrected chi connectivity index (χ4v) is 0.671. The summed E-state index contributed by atoms with van der Waals surface area (Å²) in [5, 5.41) is 16.7. The van der Waals surface area contributed by atoms with Gasteiger partial charge in [-0.1, -0.05) is 20.8 Å². The van der Waals surface area contributed by atoms with Crippen molar-refractivity contribution in [3.63, 3.8) is 0 Å².